The van der Waals surface area contributed by atoms with Crippen LogP contribution in [0.4, 0.5) is 5.82 Å². The second-order valence-corrected chi connectivity index (χ2v) is 3.09. The largest absolute Gasteiger partial charge is 0.464 e. The van der Waals surface area contributed by atoms with Gasteiger partial charge in [0.1, 0.15) is 0 Å². The van der Waals surface area contributed by atoms with Crippen molar-refractivity contribution in [3.05, 3.63) is 22.4 Å². The van der Waals surface area contributed by atoms with E-state index in [1.165, 1.54) is 16.9 Å². The fraction of sp³-hybridized carbons (Fsp3) is 0.556. The van der Waals surface area contributed by atoms with Crippen molar-refractivity contribution < 1.29 is 14.5 Å². The van der Waals surface area contributed by atoms with Gasteiger partial charge in [0.25, 0.3) is 0 Å². The number of aromatic nitrogens is 2. The zero-order valence-electron chi connectivity index (χ0n) is 9.12. The minimum Gasteiger partial charge on any atom is -0.464 e. The molecule has 1 rings (SSSR count). The topological polar surface area (TPSA) is 87.3 Å². The molecule has 0 N–H and O–H groups in total. The molecule has 0 saturated carbocycles. The van der Waals surface area contributed by atoms with Crippen LogP contribution >= 0.6 is 0 Å². The number of carbonyl (C=O) groups excluding carboxylic acids is 1. The molecular formula is C9H13N3O4. The van der Waals surface area contributed by atoms with Crippen molar-refractivity contribution in [3.63, 3.8) is 0 Å². The highest BCUT2D eigenvalue weighted by molar-refractivity contribution is 5.74. The number of carbonyl (C=O) groups is 1. The lowest BCUT2D eigenvalue weighted by atomic mass is 10.2. The van der Waals surface area contributed by atoms with Crippen molar-refractivity contribution in [2.24, 2.45) is 0 Å². The number of hydrogen-bond acceptors (Lipinski definition) is 5. The first-order valence-corrected chi connectivity index (χ1v) is 4.96. The number of hydrogen-bond donors (Lipinski definition) is 0. The van der Waals surface area contributed by atoms with Gasteiger partial charge in [0, 0.05) is 0 Å². The van der Waals surface area contributed by atoms with Crippen LogP contribution in [-0.4, -0.2) is 27.3 Å². The van der Waals surface area contributed by atoms with E-state index in [1.54, 1.807) is 13.8 Å². The smallest absolute Gasteiger partial charge is 0.389 e. The molecule has 1 aromatic heterocycles. The molecule has 0 aliphatic carbocycles. The molecule has 0 amide bonds. The normalized spacial score (nSPS) is 12.1. The highest BCUT2D eigenvalue weighted by atomic mass is 16.6. The summed E-state index contributed by atoms with van der Waals surface area (Å²) < 4.78 is 6.11. The molecule has 88 valence electrons. The van der Waals surface area contributed by atoms with E-state index in [2.05, 4.69) is 5.10 Å². The molecule has 0 spiro atoms. The first kappa shape index (κ1) is 12.2. The number of nitrogens with zero attached hydrogens (tertiary/aromatic N) is 3. The molecule has 0 fully saturated rings. The van der Waals surface area contributed by atoms with Crippen LogP contribution in [0.1, 0.15) is 26.3 Å². The Labute approximate surface area is 92.2 Å². The summed E-state index contributed by atoms with van der Waals surface area (Å²) in [5, 5.41) is 14.1. The Bertz CT molecular complexity index is 388. The first-order chi connectivity index (χ1) is 7.60. The number of nitro groups is 1. The van der Waals surface area contributed by atoms with Crippen molar-refractivity contribution in [2.45, 2.75) is 26.3 Å². The lowest BCUT2D eigenvalue weighted by molar-refractivity contribution is -0.389. The summed E-state index contributed by atoms with van der Waals surface area (Å²) in [6.07, 6.45) is 1.88. The predicted molar refractivity (Wildman–Crippen MR) is 54.8 cm³/mol. The second-order valence-electron chi connectivity index (χ2n) is 3.09. The van der Waals surface area contributed by atoms with E-state index in [1.807, 2.05) is 0 Å². The summed E-state index contributed by atoms with van der Waals surface area (Å²) in [6.45, 7) is 3.77. The first-order valence-electron chi connectivity index (χ1n) is 4.96. The van der Waals surface area contributed by atoms with Crippen LogP contribution in [-0.2, 0) is 9.53 Å². The third-order valence-electron chi connectivity index (χ3n) is 2.05. The minimum atomic E-state index is -0.603. The Balaban J connectivity index is 2.86. The fourth-order valence-electron chi connectivity index (χ4n) is 1.30. The van der Waals surface area contributed by atoms with E-state index >= 15 is 0 Å². The quantitative estimate of drug-likeness (QED) is 0.430. The van der Waals surface area contributed by atoms with Gasteiger partial charge in [-0.25, -0.2) is 4.79 Å². The van der Waals surface area contributed by atoms with E-state index in [0.717, 1.165) is 0 Å². The Morgan fingerprint density at radius 3 is 2.81 bits per heavy atom. The Hall–Kier alpha value is -1.92. The summed E-state index contributed by atoms with van der Waals surface area (Å²) in [5.74, 6) is -0.703. The third kappa shape index (κ3) is 2.56. The molecule has 1 atom stereocenters. The van der Waals surface area contributed by atoms with Gasteiger partial charge in [-0.3, -0.25) is 0 Å². The molecular weight excluding hydrogens is 214 g/mol. The highest BCUT2D eigenvalue weighted by Gasteiger charge is 2.25. The molecule has 7 heteroatoms. The van der Waals surface area contributed by atoms with Crippen molar-refractivity contribution in [3.8, 4) is 0 Å². The van der Waals surface area contributed by atoms with E-state index < -0.39 is 16.9 Å². The van der Waals surface area contributed by atoms with Crippen molar-refractivity contribution >= 4 is 11.8 Å². The van der Waals surface area contributed by atoms with E-state index in [-0.39, 0.29) is 12.4 Å². The number of esters is 1. The van der Waals surface area contributed by atoms with Gasteiger partial charge in [-0.1, -0.05) is 6.92 Å². The van der Waals surface area contributed by atoms with E-state index in [4.69, 9.17) is 4.74 Å². The van der Waals surface area contributed by atoms with Crippen molar-refractivity contribution in [2.75, 3.05) is 6.61 Å². The average Bonchev–Trinajstić information content (AvgIpc) is 2.68. The van der Waals surface area contributed by atoms with Crippen LogP contribution in [0.3, 0.4) is 0 Å². The molecule has 0 aliphatic rings. The average molecular weight is 227 g/mol. The standard InChI is InChI=1S/C9H13N3O4/c1-3-7(9(13)16-4-2)11-6-5-8(10-11)12(14)15/h5-7H,3-4H2,1-2H3. The highest BCUT2D eigenvalue weighted by Crippen LogP contribution is 2.15. The summed E-state index contributed by atoms with van der Waals surface area (Å²) >= 11 is 0. The fourth-order valence-corrected chi connectivity index (χ4v) is 1.30. The van der Waals surface area contributed by atoms with Gasteiger partial charge in [0.15, 0.2) is 6.04 Å². The van der Waals surface area contributed by atoms with E-state index in [9.17, 15) is 14.9 Å². The van der Waals surface area contributed by atoms with Crippen LogP contribution < -0.4 is 0 Å². The van der Waals surface area contributed by atoms with Gasteiger partial charge >= 0.3 is 11.8 Å². The van der Waals surface area contributed by atoms with Gasteiger partial charge in [-0.2, -0.15) is 4.68 Å². The van der Waals surface area contributed by atoms with Crippen LogP contribution in [0.15, 0.2) is 12.3 Å². The van der Waals surface area contributed by atoms with Crippen LogP contribution in [0.25, 0.3) is 0 Å². The van der Waals surface area contributed by atoms with Crippen molar-refractivity contribution in [1.82, 2.24) is 9.78 Å². The zero-order chi connectivity index (χ0) is 12.1. The Morgan fingerprint density at radius 2 is 2.38 bits per heavy atom. The summed E-state index contributed by atoms with van der Waals surface area (Å²) in [4.78, 5) is 21.3. The lowest BCUT2D eigenvalue weighted by Crippen LogP contribution is -2.21. The molecule has 0 radical (unpaired) electrons. The van der Waals surface area contributed by atoms with Gasteiger partial charge in [-0.05, 0) is 18.3 Å². The molecule has 16 heavy (non-hydrogen) atoms. The zero-order valence-corrected chi connectivity index (χ0v) is 9.12. The molecule has 0 saturated heterocycles. The second kappa shape index (κ2) is 5.24. The minimum absolute atomic E-state index is 0.275. The van der Waals surface area contributed by atoms with Crippen LogP contribution in [0.5, 0.6) is 0 Å². The van der Waals surface area contributed by atoms with Gasteiger partial charge < -0.3 is 14.9 Å². The summed E-state index contributed by atoms with van der Waals surface area (Å²) in [5.41, 5.74) is 0. The molecule has 0 bridgehead atoms. The Morgan fingerprint density at radius 1 is 1.69 bits per heavy atom. The Kier molecular flexibility index (Phi) is 3.98. The molecule has 0 aromatic carbocycles. The number of ether oxygens (including phenoxy) is 1. The predicted octanol–water partition coefficient (Wildman–Crippen LogP) is 1.31. The summed E-state index contributed by atoms with van der Waals surface area (Å²) in [7, 11) is 0. The molecule has 0 aliphatic heterocycles. The van der Waals surface area contributed by atoms with Gasteiger partial charge in [0.2, 0.25) is 0 Å². The maximum absolute atomic E-state index is 11.5. The molecule has 7 nitrogen and oxygen atoms in total. The SMILES string of the molecule is CCOC(=O)C(CC)n1ccc([N+](=O)[O-])n1. The summed E-state index contributed by atoms with van der Waals surface area (Å²) in [6, 6.07) is 0.649. The third-order valence-corrected chi connectivity index (χ3v) is 2.05. The van der Waals surface area contributed by atoms with Crippen LogP contribution in [0.2, 0.25) is 0 Å². The number of rotatable bonds is 5. The van der Waals surface area contributed by atoms with E-state index in [0.29, 0.717) is 6.42 Å². The molecule has 1 unspecified atom stereocenters. The van der Waals surface area contributed by atoms with Gasteiger partial charge in [0.05, 0.1) is 24.0 Å². The van der Waals surface area contributed by atoms with Gasteiger partial charge in [-0.15, -0.1) is 0 Å². The maximum atomic E-state index is 11.5. The molecule has 1 heterocycles. The van der Waals surface area contributed by atoms with Crippen LogP contribution in [0, 0.1) is 10.1 Å². The monoisotopic (exact) mass is 227 g/mol. The van der Waals surface area contributed by atoms with Crippen molar-refractivity contribution in [1.29, 1.82) is 0 Å². The maximum Gasteiger partial charge on any atom is 0.389 e. The lowest BCUT2D eigenvalue weighted by Gasteiger charge is -2.10. The molecule has 1 aromatic rings.